The first-order valence-electron chi connectivity index (χ1n) is 14.6. The number of allylic oxidation sites excluding steroid dienone is 2. The summed E-state index contributed by atoms with van der Waals surface area (Å²) in [5.41, 5.74) is 1.94. The van der Waals surface area contributed by atoms with Crippen molar-refractivity contribution >= 4 is 23.9 Å². The predicted molar refractivity (Wildman–Crippen MR) is 151 cm³/mol. The molecule has 8 atom stereocenters. The summed E-state index contributed by atoms with van der Waals surface area (Å²) in [6, 6.07) is 0.243. The van der Waals surface area contributed by atoms with Gasteiger partial charge in [-0.25, -0.2) is 19.2 Å². The Morgan fingerprint density at radius 3 is 1.41 bits per heavy atom. The first kappa shape index (κ1) is 31.0. The number of carbonyl (C=O) groups excluding carboxylic acids is 4. The van der Waals surface area contributed by atoms with Crippen LogP contribution in [0.15, 0.2) is 34.9 Å². The Balaban J connectivity index is 1.27. The standard InChI is InChI=1S/C31H44N2O8/c1-17(2)8-28(34)40-26-13-20-11-22(15-24(26)32(20)6)38-30(36)10-19(5)31(37)39-23-12-21-14-27(25(16-23)33(21)7)41-29(35)9-18(3)4/h8-10,20-27H,11-16H2,1-7H3/b19-10-/t20-,21-,22-,23-,24+,25+,26+,27+/m1/s1. The van der Waals surface area contributed by atoms with Gasteiger partial charge in [0, 0.05) is 74.4 Å². The highest BCUT2D eigenvalue weighted by molar-refractivity contribution is 5.96. The van der Waals surface area contributed by atoms with Gasteiger partial charge in [0.25, 0.3) is 0 Å². The molecule has 4 heterocycles. The van der Waals surface area contributed by atoms with Gasteiger partial charge in [0.05, 0.1) is 12.1 Å². The van der Waals surface area contributed by atoms with E-state index in [1.165, 1.54) is 18.2 Å². The normalized spacial score (nSPS) is 33.0. The van der Waals surface area contributed by atoms with Crippen molar-refractivity contribution in [3.05, 3.63) is 34.9 Å². The Morgan fingerprint density at radius 2 is 0.976 bits per heavy atom. The Labute approximate surface area is 242 Å². The van der Waals surface area contributed by atoms with Crippen LogP contribution in [-0.2, 0) is 38.1 Å². The maximum Gasteiger partial charge on any atom is 0.334 e. The zero-order valence-electron chi connectivity index (χ0n) is 25.3. The average Bonchev–Trinajstić information content (AvgIpc) is 3.12. The molecule has 0 N–H and O–H groups in total. The second-order valence-corrected chi connectivity index (χ2v) is 12.5. The highest BCUT2D eigenvalue weighted by Gasteiger charge is 2.49. The summed E-state index contributed by atoms with van der Waals surface area (Å²) < 4.78 is 22.9. The quantitative estimate of drug-likeness (QED) is 0.244. The monoisotopic (exact) mass is 572 g/mol. The fraction of sp³-hybridized carbons (Fsp3) is 0.677. The number of nitrogens with zero attached hydrogens (tertiary/aromatic N) is 2. The number of fused-ring (bicyclic) bond motifs is 4. The number of hydrogen-bond acceptors (Lipinski definition) is 10. The zero-order valence-corrected chi connectivity index (χ0v) is 25.3. The lowest BCUT2D eigenvalue weighted by Gasteiger charge is -2.36. The van der Waals surface area contributed by atoms with Crippen molar-refractivity contribution in [1.29, 1.82) is 0 Å². The van der Waals surface area contributed by atoms with E-state index in [0.717, 1.165) is 11.1 Å². The molecular weight excluding hydrogens is 528 g/mol. The van der Waals surface area contributed by atoms with Crippen molar-refractivity contribution in [2.24, 2.45) is 0 Å². The van der Waals surface area contributed by atoms with Crippen molar-refractivity contribution < 1.29 is 38.1 Å². The predicted octanol–water partition coefficient (Wildman–Crippen LogP) is 3.25. The number of ether oxygens (including phenoxy) is 4. The average molecular weight is 573 g/mol. The van der Waals surface area contributed by atoms with Gasteiger partial charge in [0.1, 0.15) is 24.4 Å². The molecule has 0 spiro atoms. The molecular formula is C31H44N2O8. The van der Waals surface area contributed by atoms with E-state index in [9.17, 15) is 19.2 Å². The van der Waals surface area contributed by atoms with Crippen molar-refractivity contribution in [3.63, 3.8) is 0 Å². The Kier molecular flexibility index (Phi) is 9.74. The van der Waals surface area contributed by atoms with E-state index in [2.05, 4.69) is 9.80 Å². The summed E-state index contributed by atoms with van der Waals surface area (Å²) in [5.74, 6) is -1.83. The molecule has 0 aromatic carbocycles. The van der Waals surface area contributed by atoms with Gasteiger partial charge in [-0.2, -0.15) is 0 Å². The molecule has 4 aliphatic rings. The molecule has 4 bridgehead atoms. The van der Waals surface area contributed by atoms with Crippen molar-refractivity contribution in [2.75, 3.05) is 14.1 Å². The number of piperidine rings is 2. The maximum absolute atomic E-state index is 12.8. The fourth-order valence-corrected chi connectivity index (χ4v) is 6.71. The maximum atomic E-state index is 12.8. The largest absolute Gasteiger partial charge is 0.459 e. The molecule has 0 unspecified atom stereocenters. The molecule has 0 radical (unpaired) electrons. The molecule has 226 valence electrons. The van der Waals surface area contributed by atoms with Gasteiger partial charge in [-0.05, 0) is 48.7 Å². The molecule has 0 aromatic heterocycles. The van der Waals surface area contributed by atoms with E-state index in [1.54, 1.807) is 6.92 Å². The molecule has 0 saturated carbocycles. The van der Waals surface area contributed by atoms with E-state index in [1.807, 2.05) is 41.8 Å². The fourth-order valence-electron chi connectivity index (χ4n) is 6.71. The minimum absolute atomic E-state index is 0.0268. The zero-order chi connectivity index (χ0) is 30.0. The van der Waals surface area contributed by atoms with Crippen LogP contribution in [0.1, 0.15) is 73.1 Å². The second kappa shape index (κ2) is 12.9. The number of rotatable bonds is 8. The Hall–Kier alpha value is -2.98. The van der Waals surface area contributed by atoms with Gasteiger partial charge in [-0.15, -0.1) is 0 Å². The lowest BCUT2D eigenvalue weighted by Crippen LogP contribution is -2.46. The number of esters is 4. The number of likely N-dealkylation sites (N-methyl/N-ethyl adjacent to an activating group) is 2. The van der Waals surface area contributed by atoms with Gasteiger partial charge < -0.3 is 18.9 Å². The Bertz CT molecular complexity index is 1130. The van der Waals surface area contributed by atoms with Crippen molar-refractivity contribution in [2.45, 2.75) is 122 Å². The highest BCUT2D eigenvalue weighted by atomic mass is 16.6. The second-order valence-electron chi connectivity index (χ2n) is 12.5. The van der Waals surface area contributed by atoms with E-state index in [-0.39, 0.29) is 66.1 Å². The molecule has 0 amide bonds. The smallest absolute Gasteiger partial charge is 0.334 e. The third-order valence-electron chi connectivity index (χ3n) is 8.70. The minimum atomic E-state index is -0.582. The molecule has 10 heteroatoms. The summed E-state index contributed by atoms with van der Waals surface area (Å²) in [7, 11) is 4.01. The first-order chi connectivity index (χ1) is 19.3. The molecule has 10 nitrogen and oxygen atoms in total. The molecule has 0 aliphatic carbocycles. The minimum Gasteiger partial charge on any atom is -0.459 e. The van der Waals surface area contributed by atoms with Gasteiger partial charge in [-0.1, -0.05) is 11.1 Å². The molecule has 4 rings (SSSR count). The van der Waals surface area contributed by atoms with E-state index >= 15 is 0 Å². The van der Waals surface area contributed by atoms with Gasteiger partial charge in [0.15, 0.2) is 0 Å². The van der Waals surface area contributed by atoms with Crippen LogP contribution in [-0.4, -0.2) is 96.4 Å². The lowest BCUT2D eigenvalue weighted by atomic mass is 10.00. The molecule has 4 aliphatic heterocycles. The summed E-state index contributed by atoms with van der Waals surface area (Å²) >= 11 is 0. The highest BCUT2D eigenvalue weighted by Crippen LogP contribution is 2.39. The van der Waals surface area contributed by atoms with Gasteiger partial charge >= 0.3 is 23.9 Å². The third kappa shape index (κ3) is 7.65. The SMILES string of the molecule is CC(C)=CC(=O)O[C@H]1C[C@H]2C[C@@H](OC(=O)/C=C(/C)C(=O)O[C@@H]3C[C@@H]4C[C@H](OC(=O)C=C(C)C)[C@H](C3)N4C)C[C@@H]1N2C. The van der Waals surface area contributed by atoms with Crippen LogP contribution in [0.3, 0.4) is 0 Å². The van der Waals surface area contributed by atoms with E-state index in [0.29, 0.717) is 38.5 Å². The van der Waals surface area contributed by atoms with Crippen LogP contribution in [0.4, 0.5) is 0 Å². The first-order valence-corrected chi connectivity index (χ1v) is 14.6. The Morgan fingerprint density at radius 1 is 0.561 bits per heavy atom. The van der Waals surface area contributed by atoms with Gasteiger partial charge in [-0.3, -0.25) is 9.80 Å². The van der Waals surface area contributed by atoms with Crippen LogP contribution in [0, 0.1) is 0 Å². The molecule has 4 saturated heterocycles. The number of carbonyl (C=O) groups is 4. The third-order valence-corrected chi connectivity index (χ3v) is 8.70. The van der Waals surface area contributed by atoms with E-state index in [4.69, 9.17) is 18.9 Å². The van der Waals surface area contributed by atoms with Crippen molar-refractivity contribution in [3.8, 4) is 0 Å². The topological polar surface area (TPSA) is 112 Å². The molecule has 4 fully saturated rings. The van der Waals surface area contributed by atoms with Crippen LogP contribution in [0.5, 0.6) is 0 Å². The summed E-state index contributed by atoms with van der Waals surface area (Å²) in [6.07, 6.45) is 6.84. The van der Waals surface area contributed by atoms with Crippen LogP contribution in [0.25, 0.3) is 0 Å². The molecule has 0 aromatic rings. The van der Waals surface area contributed by atoms with E-state index < -0.39 is 11.9 Å². The lowest BCUT2D eigenvalue weighted by molar-refractivity contribution is -0.152. The van der Waals surface area contributed by atoms with Crippen LogP contribution >= 0.6 is 0 Å². The van der Waals surface area contributed by atoms with Crippen LogP contribution in [0.2, 0.25) is 0 Å². The summed E-state index contributed by atoms with van der Waals surface area (Å²) in [6.45, 7) is 8.94. The number of hydrogen-bond donors (Lipinski definition) is 0. The van der Waals surface area contributed by atoms with Crippen LogP contribution < -0.4 is 0 Å². The molecule has 41 heavy (non-hydrogen) atoms. The van der Waals surface area contributed by atoms with Crippen molar-refractivity contribution in [1.82, 2.24) is 9.80 Å². The van der Waals surface area contributed by atoms with Gasteiger partial charge in [0.2, 0.25) is 0 Å². The summed E-state index contributed by atoms with van der Waals surface area (Å²) in [5, 5.41) is 0. The summed E-state index contributed by atoms with van der Waals surface area (Å²) in [4.78, 5) is 54.3.